The van der Waals surface area contributed by atoms with E-state index in [0.29, 0.717) is 72.0 Å². The number of hydrogen-bond donors (Lipinski definition) is 6. The number of nitrogens with zero attached hydrogens (tertiary/aromatic N) is 9. The number of hydrogen-bond acceptors (Lipinski definition) is 17. The molecule has 370 valence electrons. The van der Waals surface area contributed by atoms with Crippen molar-refractivity contribution in [1.82, 2.24) is 44.9 Å². The van der Waals surface area contributed by atoms with Crippen molar-refractivity contribution in [3.05, 3.63) is 149 Å². The fourth-order valence-corrected chi connectivity index (χ4v) is 6.89. The van der Waals surface area contributed by atoms with Crippen molar-refractivity contribution in [2.75, 3.05) is 17.2 Å². The quantitative estimate of drug-likeness (QED) is 0.0702. The van der Waals surface area contributed by atoms with E-state index in [9.17, 15) is 27.6 Å². The van der Waals surface area contributed by atoms with Crippen LogP contribution in [-0.4, -0.2) is 96.4 Å². The maximum atomic E-state index is 13.5. The Morgan fingerprint density at radius 1 is 0.507 bits per heavy atom. The van der Waals surface area contributed by atoms with Crippen LogP contribution in [0, 0.1) is 17.5 Å². The minimum atomic E-state index is -1.21. The molecule has 1 saturated heterocycles. The van der Waals surface area contributed by atoms with Crippen molar-refractivity contribution in [3.63, 3.8) is 0 Å². The van der Waals surface area contributed by atoms with Gasteiger partial charge in [-0.05, 0) is 124 Å². The lowest BCUT2D eigenvalue weighted by Crippen LogP contribution is -2.41. The molecule has 0 aliphatic carbocycles. The van der Waals surface area contributed by atoms with Crippen molar-refractivity contribution >= 4 is 92.6 Å². The molecule has 10 rings (SSSR count). The number of pyridine rings is 3. The van der Waals surface area contributed by atoms with Crippen LogP contribution in [0.2, 0.25) is 5.15 Å². The Morgan fingerprint density at radius 2 is 0.863 bits per heavy atom. The number of nitrogen functional groups attached to an aromatic ring is 3. The summed E-state index contributed by atoms with van der Waals surface area (Å²) in [6.45, 7) is 7.52. The molecule has 6 aromatic heterocycles. The van der Waals surface area contributed by atoms with E-state index >= 15 is 0 Å². The first-order chi connectivity index (χ1) is 34.5. The number of carboxylic acid groups (broad SMARTS) is 3. The highest BCUT2D eigenvalue weighted by Crippen LogP contribution is 2.36. The molecule has 0 saturated carbocycles. The van der Waals surface area contributed by atoms with Crippen LogP contribution in [0.5, 0.6) is 0 Å². The average Bonchev–Trinajstić information content (AvgIpc) is 3.57. The first-order valence-corrected chi connectivity index (χ1v) is 21.6. The summed E-state index contributed by atoms with van der Waals surface area (Å²) in [6, 6.07) is 20.6. The van der Waals surface area contributed by atoms with Crippen molar-refractivity contribution in [2.45, 2.75) is 38.9 Å². The zero-order chi connectivity index (χ0) is 52.9. The zero-order valence-corrected chi connectivity index (χ0v) is 39.4. The minimum Gasteiger partial charge on any atom is -0.478 e. The Morgan fingerprint density at radius 3 is 1.26 bits per heavy atom. The Labute approximate surface area is 416 Å². The molecule has 20 nitrogen and oxygen atoms in total. The van der Waals surface area contributed by atoms with Gasteiger partial charge in [-0.2, -0.15) is 0 Å². The monoisotopic (exact) mass is 1010 g/mol. The van der Waals surface area contributed by atoms with E-state index in [1.807, 2.05) is 27.7 Å². The van der Waals surface area contributed by atoms with Gasteiger partial charge in [0.25, 0.3) is 0 Å². The van der Waals surface area contributed by atoms with Gasteiger partial charge in [0.15, 0.2) is 17.5 Å². The molecule has 3 aromatic carbocycles. The van der Waals surface area contributed by atoms with Crippen LogP contribution in [0.15, 0.2) is 110 Å². The zero-order valence-electron chi connectivity index (χ0n) is 38.6. The molecule has 1 aliphatic heterocycles. The molecule has 0 amide bonds. The number of aromatic nitrogens is 9. The first-order valence-electron chi connectivity index (χ1n) is 21.2. The predicted octanol–water partition coefficient (Wildman–Crippen LogP) is 7.31. The Bertz CT molecular complexity index is 3460. The van der Waals surface area contributed by atoms with Crippen LogP contribution in [0.1, 0.15) is 58.8 Å². The Balaban J connectivity index is 0.000000145. The summed E-state index contributed by atoms with van der Waals surface area (Å²) in [5, 5.41) is 27.3. The molecule has 73 heavy (non-hydrogen) atoms. The van der Waals surface area contributed by atoms with E-state index in [1.54, 1.807) is 36.4 Å². The fourth-order valence-electron chi connectivity index (χ4n) is 6.75. The molecule has 1 aliphatic rings. The van der Waals surface area contributed by atoms with Crippen LogP contribution < -0.4 is 22.7 Å². The van der Waals surface area contributed by atoms with Gasteiger partial charge in [-0.1, -0.05) is 11.6 Å². The number of fused-ring (bicyclic) bond motifs is 3. The number of aromatic carboxylic acids is 3. The average molecular weight is 1020 g/mol. The summed E-state index contributed by atoms with van der Waals surface area (Å²) in [6.07, 6.45) is 4.04. The van der Waals surface area contributed by atoms with Crippen molar-refractivity contribution in [3.8, 4) is 22.5 Å². The maximum absolute atomic E-state index is 13.5. The van der Waals surface area contributed by atoms with Gasteiger partial charge >= 0.3 is 25.0 Å². The number of rotatable bonds is 6. The van der Waals surface area contributed by atoms with Gasteiger partial charge < -0.3 is 41.8 Å². The van der Waals surface area contributed by atoms with E-state index in [0.717, 1.165) is 18.2 Å². The summed E-state index contributed by atoms with van der Waals surface area (Å²) >= 11 is 5.67. The maximum Gasteiger partial charge on any atom is 0.494 e. The third-order valence-electron chi connectivity index (χ3n) is 11.1. The molecule has 0 spiro atoms. The molecule has 0 bridgehead atoms. The molecule has 25 heteroatoms. The van der Waals surface area contributed by atoms with E-state index in [-0.39, 0.29) is 28.3 Å². The van der Waals surface area contributed by atoms with E-state index in [4.69, 9.17) is 53.4 Å². The van der Waals surface area contributed by atoms with Crippen LogP contribution in [-0.2, 0) is 9.31 Å². The summed E-state index contributed by atoms with van der Waals surface area (Å²) in [5.74, 6) is -4.76. The molecule has 9 aromatic rings. The number of halogens is 4. The van der Waals surface area contributed by atoms with E-state index in [2.05, 4.69) is 44.9 Å². The van der Waals surface area contributed by atoms with Gasteiger partial charge in [0.2, 0.25) is 0 Å². The smallest absolute Gasteiger partial charge is 0.478 e. The molecule has 9 N–H and O–H groups in total. The van der Waals surface area contributed by atoms with Crippen molar-refractivity contribution in [2.24, 2.45) is 0 Å². The van der Waals surface area contributed by atoms with Crippen LogP contribution >= 0.6 is 11.6 Å². The van der Waals surface area contributed by atoms with Gasteiger partial charge in [0.05, 0.1) is 55.8 Å². The highest BCUT2D eigenvalue weighted by Gasteiger charge is 2.52. The number of benzene rings is 3. The van der Waals surface area contributed by atoms with E-state index in [1.165, 1.54) is 55.4 Å². The van der Waals surface area contributed by atoms with Crippen molar-refractivity contribution in [1.29, 1.82) is 0 Å². The van der Waals surface area contributed by atoms with Gasteiger partial charge in [0.1, 0.15) is 58.1 Å². The second kappa shape index (κ2) is 21.2. The SMILES string of the molecule is CC1(C)OB(c2cc(F)cc(C(=O)O)c2)OC1(C)C.Nc1ncnc2ccc(-c3cc(F)cc(C(=O)O)c3)nc12.Nc1ncnc2ccc(-c3cc(F)cc(C(=O)O)c3)nc12.Nc1ncnc2ccc(Cl)nc12. The normalized spacial score (nSPS) is 13.2. The Kier molecular flexibility index (Phi) is 15.0. The Hall–Kier alpha value is -9.00. The standard InChI is InChI=1S/2C14H9FN4O2.C13H16BFO4.C7H5ClN4/c2*15-9-4-7(3-8(5-9)14(20)21)10-1-2-11-12(19-10)13(16)18-6-17-11;1-12(2)13(3,4)19-14(18-12)9-5-8(11(16)17)6-10(15)7-9;8-5-2-1-4-6(12-5)7(9)11-3-10-4/h2*1-6H,(H,20,21)(H2,16,17,18);5-7H,1-4H3,(H,16,17);1-3H,(H2,9,10,11). The van der Waals surface area contributed by atoms with Gasteiger partial charge in [0, 0.05) is 11.1 Å². The van der Waals surface area contributed by atoms with Gasteiger partial charge in [-0.15, -0.1) is 0 Å². The van der Waals surface area contributed by atoms with Crippen LogP contribution in [0.3, 0.4) is 0 Å². The number of carboxylic acids is 3. The molecular weight excluding hydrogens is 976 g/mol. The second-order valence-electron chi connectivity index (χ2n) is 16.6. The van der Waals surface area contributed by atoms with Crippen molar-refractivity contribution < 1.29 is 52.2 Å². The van der Waals surface area contributed by atoms with E-state index < -0.39 is 53.7 Å². The summed E-state index contributed by atoms with van der Waals surface area (Å²) < 4.78 is 52.0. The highest BCUT2D eigenvalue weighted by atomic mass is 35.5. The topological polar surface area (TPSA) is 324 Å². The lowest BCUT2D eigenvalue weighted by Gasteiger charge is -2.32. The summed E-state index contributed by atoms with van der Waals surface area (Å²) in [7, 11) is -0.765. The minimum absolute atomic E-state index is 0.121. The number of carbonyl (C=O) groups is 3. The lowest BCUT2D eigenvalue weighted by atomic mass is 9.78. The molecule has 1 fully saturated rings. The molecule has 0 atom stereocenters. The molecule has 0 radical (unpaired) electrons. The number of nitrogens with two attached hydrogens (primary N) is 3. The van der Waals surface area contributed by atoms with Gasteiger partial charge in [-0.3, -0.25) is 0 Å². The summed E-state index contributed by atoms with van der Waals surface area (Å²) in [5.41, 5.74) is 20.5. The molecule has 0 unspecified atom stereocenters. The van der Waals surface area contributed by atoms with Gasteiger partial charge in [-0.25, -0.2) is 72.4 Å². The largest absolute Gasteiger partial charge is 0.494 e. The highest BCUT2D eigenvalue weighted by molar-refractivity contribution is 6.62. The summed E-state index contributed by atoms with van der Waals surface area (Å²) in [4.78, 5) is 68.9. The lowest BCUT2D eigenvalue weighted by molar-refractivity contribution is 0.00578. The first kappa shape index (κ1) is 51.8. The van der Waals surface area contributed by atoms with Crippen LogP contribution in [0.25, 0.3) is 55.6 Å². The van der Waals surface area contributed by atoms with Crippen LogP contribution in [0.4, 0.5) is 30.6 Å². The predicted molar refractivity (Wildman–Crippen MR) is 264 cm³/mol. The molecular formula is C48H39BClF3N12O8. The fraction of sp³-hybridized carbons (Fsp3) is 0.125. The third-order valence-corrected chi connectivity index (χ3v) is 11.3. The number of anilines is 3. The molecule has 7 heterocycles. The third kappa shape index (κ3) is 12.1. The second-order valence-corrected chi connectivity index (χ2v) is 17.0.